The summed E-state index contributed by atoms with van der Waals surface area (Å²) in [5.41, 5.74) is 3.23. The number of benzene rings is 1. The molecule has 6 heteroatoms. The number of carbonyl (C=O) groups excluding carboxylic acids is 1. The second-order valence-electron chi connectivity index (χ2n) is 6.08. The van der Waals surface area contributed by atoms with Crippen LogP contribution in [0.5, 0.6) is 0 Å². The maximum absolute atomic E-state index is 12.6. The Morgan fingerprint density at radius 2 is 1.70 bits per heavy atom. The number of nitrogens with one attached hydrogen (secondary N) is 1. The van der Waals surface area contributed by atoms with Crippen LogP contribution in [0, 0.1) is 5.92 Å². The van der Waals surface area contributed by atoms with E-state index in [0.717, 1.165) is 29.7 Å². The maximum Gasteiger partial charge on any atom is 0.227 e. The minimum absolute atomic E-state index is 0.00810. The van der Waals surface area contributed by atoms with Crippen LogP contribution in [-0.4, -0.2) is 38.0 Å². The molecule has 5 nitrogen and oxygen atoms in total. The van der Waals surface area contributed by atoms with Crippen molar-refractivity contribution in [2.24, 2.45) is 5.92 Å². The van der Waals surface area contributed by atoms with Gasteiger partial charge in [-0.05, 0) is 36.8 Å². The van der Waals surface area contributed by atoms with Gasteiger partial charge in [0.1, 0.15) is 0 Å². The predicted octanol–water partition coefficient (Wildman–Crippen LogP) is 2.42. The second-order valence-corrected chi connectivity index (χ2v) is 8.07. The van der Waals surface area contributed by atoms with E-state index in [4.69, 9.17) is 0 Å². The number of carbonyl (C=O) groups is 1. The molecule has 0 aliphatic carbocycles. The molecule has 1 N–H and O–H groups in total. The van der Waals surface area contributed by atoms with Crippen molar-refractivity contribution < 1.29 is 13.2 Å². The number of anilines is 1. The van der Waals surface area contributed by atoms with E-state index >= 15 is 0 Å². The average molecular weight is 338 g/mol. The number of amides is 1. The minimum atomic E-state index is -3.15. The summed E-state index contributed by atoms with van der Waals surface area (Å²) in [7, 11) is -3.15. The van der Waals surface area contributed by atoms with E-state index in [1.54, 1.807) is 0 Å². The summed E-state index contributed by atoms with van der Waals surface area (Å²) in [6.07, 6.45) is 4.12. The summed E-state index contributed by atoms with van der Waals surface area (Å²) in [5, 5.41) is 3.10. The lowest BCUT2D eigenvalue weighted by Crippen LogP contribution is -2.41. The molecule has 0 aromatic heterocycles. The van der Waals surface area contributed by atoms with Crippen molar-refractivity contribution in [3.05, 3.63) is 29.3 Å². The third-order valence-corrected chi connectivity index (χ3v) is 5.84. The molecular formula is C17H26N2O3S. The third kappa shape index (κ3) is 4.32. The first-order valence-corrected chi connectivity index (χ1v) is 10.1. The number of rotatable bonds is 5. The number of hydrogen-bond acceptors (Lipinski definition) is 3. The second kappa shape index (κ2) is 7.45. The lowest BCUT2D eigenvalue weighted by molar-refractivity contribution is -0.120. The van der Waals surface area contributed by atoms with Crippen molar-refractivity contribution in [1.82, 2.24) is 4.31 Å². The van der Waals surface area contributed by atoms with Gasteiger partial charge in [0.15, 0.2) is 0 Å². The molecule has 0 atom stereocenters. The lowest BCUT2D eigenvalue weighted by atomic mass is 9.96. The Morgan fingerprint density at radius 1 is 1.17 bits per heavy atom. The van der Waals surface area contributed by atoms with Crippen LogP contribution < -0.4 is 5.32 Å². The fourth-order valence-electron chi connectivity index (χ4n) is 3.08. The number of piperidine rings is 1. The first-order chi connectivity index (χ1) is 10.9. The van der Waals surface area contributed by atoms with Crippen molar-refractivity contribution in [2.45, 2.75) is 39.5 Å². The molecule has 128 valence electrons. The van der Waals surface area contributed by atoms with Crippen molar-refractivity contribution in [3.63, 3.8) is 0 Å². The molecule has 1 aromatic rings. The van der Waals surface area contributed by atoms with Gasteiger partial charge in [0.05, 0.1) is 6.26 Å². The molecule has 1 fully saturated rings. The SMILES string of the molecule is CCc1cccc(CC)c1NC(=O)C1CCN(S(C)(=O)=O)CC1. The van der Waals surface area contributed by atoms with Crippen molar-refractivity contribution in [2.75, 3.05) is 24.7 Å². The molecule has 0 spiro atoms. The van der Waals surface area contributed by atoms with Gasteiger partial charge in [0.25, 0.3) is 0 Å². The molecule has 23 heavy (non-hydrogen) atoms. The minimum Gasteiger partial charge on any atom is -0.325 e. The number of hydrogen-bond donors (Lipinski definition) is 1. The first kappa shape index (κ1) is 17.9. The molecule has 2 rings (SSSR count). The fraction of sp³-hybridized carbons (Fsp3) is 0.588. The van der Waals surface area contributed by atoms with Crippen molar-refractivity contribution in [1.29, 1.82) is 0 Å². The Morgan fingerprint density at radius 3 is 2.13 bits per heavy atom. The summed E-state index contributed by atoms with van der Waals surface area (Å²) in [5.74, 6) is -0.114. The molecule has 0 unspecified atom stereocenters. The van der Waals surface area contributed by atoms with Gasteiger partial charge in [0, 0.05) is 24.7 Å². The molecule has 1 heterocycles. The summed E-state index contributed by atoms with van der Waals surface area (Å²) in [6, 6.07) is 6.11. The van der Waals surface area contributed by atoms with Crippen LogP contribution in [-0.2, 0) is 27.7 Å². The molecule has 1 aliphatic heterocycles. The Kier molecular flexibility index (Phi) is 5.81. The van der Waals surface area contributed by atoms with Gasteiger partial charge in [-0.3, -0.25) is 4.79 Å². The van der Waals surface area contributed by atoms with Crippen LogP contribution in [0.2, 0.25) is 0 Å². The zero-order chi connectivity index (χ0) is 17.0. The lowest BCUT2D eigenvalue weighted by Gasteiger charge is -2.29. The standard InChI is InChI=1S/C17H26N2O3S/c1-4-13-7-6-8-14(5-2)16(13)18-17(20)15-9-11-19(12-10-15)23(3,21)22/h6-8,15H,4-5,9-12H2,1-3H3,(H,18,20). The number of para-hydroxylation sites is 1. The Balaban J connectivity index is 2.07. The highest BCUT2D eigenvalue weighted by Gasteiger charge is 2.29. The van der Waals surface area contributed by atoms with Crippen LogP contribution in [0.25, 0.3) is 0 Å². The predicted molar refractivity (Wildman–Crippen MR) is 93.0 cm³/mol. The number of nitrogens with zero attached hydrogens (tertiary/aromatic N) is 1. The molecule has 1 aromatic carbocycles. The summed E-state index contributed by atoms with van der Waals surface area (Å²) in [6.45, 7) is 5.00. The smallest absolute Gasteiger partial charge is 0.227 e. The molecule has 1 saturated heterocycles. The quantitative estimate of drug-likeness (QED) is 0.896. The monoisotopic (exact) mass is 338 g/mol. The maximum atomic E-state index is 12.6. The van der Waals surface area contributed by atoms with Crippen LogP contribution >= 0.6 is 0 Å². The topological polar surface area (TPSA) is 66.5 Å². The normalized spacial score (nSPS) is 17.2. The fourth-order valence-corrected chi connectivity index (χ4v) is 3.95. The van der Waals surface area contributed by atoms with Gasteiger partial charge < -0.3 is 5.32 Å². The van der Waals surface area contributed by atoms with Crippen LogP contribution in [0.15, 0.2) is 18.2 Å². The zero-order valence-corrected chi connectivity index (χ0v) is 14.9. The van der Waals surface area contributed by atoms with Crippen LogP contribution in [0.3, 0.4) is 0 Å². The van der Waals surface area contributed by atoms with Crippen LogP contribution in [0.1, 0.15) is 37.8 Å². The molecular weight excluding hydrogens is 312 g/mol. The average Bonchev–Trinajstić information content (AvgIpc) is 2.54. The van der Waals surface area contributed by atoms with E-state index in [9.17, 15) is 13.2 Å². The van der Waals surface area contributed by atoms with E-state index < -0.39 is 10.0 Å². The zero-order valence-electron chi connectivity index (χ0n) is 14.1. The van der Waals surface area contributed by atoms with Gasteiger partial charge in [0.2, 0.25) is 15.9 Å². The van der Waals surface area contributed by atoms with E-state index in [1.807, 2.05) is 18.2 Å². The summed E-state index contributed by atoms with van der Waals surface area (Å²) >= 11 is 0. The van der Waals surface area contributed by atoms with E-state index in [-0.39, 0.29) is 11.8 Å². The van der Waals surface area contributed by atoms with Gasteiger partial charge in [-0.15, -0.1) is 0 Å². The Hall–Kier alpha value is -1.40. The Bertz CT molecular complexity index is 640. The molecule has 0 bridgehead atoms. The van der Waals surface area contributed by atoms with Gasteiger partial charge in [-0.2, -0.15) is 0 Å². The molecule has 1 amide bonds. The molecule has 1 aliphatic rings. The number of sulfonamides is 1. The third-order valence-electron chi connectivity index (χ3n) is 4.54. The van der Waals surface area contributed by atoms with Crippen molar-refractivity contribution >= 4 is 21.6 Å². The van der Waals surface area contributed by atoms with Crippen LogP contribution in [0.4, 0.5) is 5.69 Å². The van der Waals surface area contributed by atoms with Gasteiger partial charge in [-0.1, -0.05) is 32.0 Å². The van der Waals surface area contributed by atoms with E-state index in [2.05, 4.69) is 19.2 Å². The highest BCUT2D eigenvalue weighted by Crippen LogP contribution is 2.26. The molecule has 0 saturated carbocycles. The van der Waals surface area contributed by atoms with E-state index in [1.165, 1.54) is 10.6 Å². The van der Waals surface area contributed by atoms with Gasteiger partial charge >= 0.3 is 0 Å². The highest BCUT2D eigenvalue weighted by molar-refractivity contribution is 7.88. The largest absolute Gasteiger partial charge is 0.325 e. The summed E-state index contributed by atoms with van der Waals surface area (Å²) < 4.78 is 24.5. The first-order valence-electron chi connectivity index (χ1n) is 8.23. The summed E-state index contributed by atoms with van der Waals surface area (Å²) in [4.78, 5) is 12.6. The van der Waals surface area contributed by atoms with Gasteiger partial charge in [-0.25, -0.2) is 12.7 Å². The Labute approximate surface area is 139 Å². The number of aryl methyl sites for hydroxylation is 2. The van der Waals surface area contributed by atoms with Crippen molar-refractivity contribution in [3.8, 4) is 0 Å². The highest BCUT2D eigenvalue weighted by atomic mass is 32.2. The van der Waals surface area contributed by atoms with E-state index in [0.29, 0.717) is 25.9 Å². The molecule has 0 radical (unpaired) electrons.